The summed E-state index contributed by atoms with van der Waals surface area (Å²) < 4.78 is 6.56. The van der Waals surface area contributed by atoms with Crippen LogP contribution >= 0.6 is 15.9 Å². The van der Waals surface area contributed by atoms with E-state index in [0.29, 0.717) is 22.6 Å². The second-order valence-corrected chi connectivity index (χ2v) is 5.13. The van der Waals surface area contributed by atoms with Crippen molar-refractivity contribution in [2.45, 2.75) is 13.5 Å². The zero-order valence-electron chi connectivity index (χ0n) is 10.7. The van der Waals surface area contributed by atoms with Gasteiger partial charge in [0.1, 0.15) is 11.5 Å². The summed E-state index contributed by atoms with van der Waals surface area (Å²) in [5.74, 6) is 1.03. The first kappa shape index (κ1) is 14.5. The highest BCUT2D eigenvalue weighted by Crippen LogP contribution is 2.32. The molecule has 0 aliphatic heterocycles. The third-order valence-corrected chi connectivity index (χ3v) is 3.28. The minimum absolute atomic E-state index is 0.0199. The quantitative estimate of drug-likeness (QED) is 0.677. The van der Waals surface area contributed by atoms with Gasteiger partial charge in [-0.15, -0.1) is 0 Å². The van der Waals surface area contributed by atoms with Crippen molar-refractivity contribution in [3.8, 4) is 11.5 Å². The molecule has 0 amide bonds. The van der Waals surface area contributed by atoms with Gasteiger partial charge in [0.25, 0.3) is 5.69 Å². The van der Waals surface area contributed by atoms with Crippen LogP contribution in [-0.4, -0.2) is 10.0 Å². The molecule has 0 radical (unpaired) electrons. The van der Waals surface area contributed by atoms with Crippen molar-refractivity contribution in [1.29, 1.82) is 0 Å². The number of ether oxygens (including phenoxy) is 1. The second kappa shape index (κ2) is 6.02. The monoisotopic (exact) mass is 337 g/mol. The van der Waals surface area contributed by atoms with Gasteiger partial charge in [0, 0.05) is 22.2 Å². The maximum absolute atomic E-state index is 10.7. The third-order valence-electron chi connectivity index (χ3n) is 2.79. The predicted octanol–water partition coefficient (Wildman–Crippen LogP) is 3.95. The molecule has 2 aromatic carbocycles. The second-order valence-electron chi connectivity index (χ2n) is 4.22. The maximum Gasteiger partial charge on any atom is 0.269 e. The Morgan fingerprint density at radius 2 is 2.00 bits per heavy atom. The molecule has 0 saturated carbocycles. The molecule has 20 heavy (non-hydrogen) atoms. The minimum atomic E-state index is -0.449. The fourth-order valence-electron chi connectivity index (χ4n) is 1.73. The Labute approximate surface area is 124 Å². The maximum atomic E-state index is 10.7. The molecular formula is C14H12BrNO4. The van der Waals surface area contributed by atoms with Gasteiger partial charge >= 0.3 is 0 Å². The topological polar surface area (TPSA) is 72.6 Å². The van der Waals surface area contributed by atoms with Crippen molar-refractivity contribution in [3.63, 3.8) is 0 Å². The molecule has 104 valence electrons. The number of aliphatic hydroxyl groups is 1. The first-order valence-electron chi connectivity index (χ1n) is 5.83. The standard InChI is InChI=1S/C14H12BrNO4/c1-9-6-12(16(18)19)4-5-13(9)20-14-7-11(15)3-2-10(14)8-17/h2-7,17H,8H2,1H3. The molecule has 0 fully saturated rings. The van der Waals surface area contributed by atoms with Crippen LogP contribution < -0.4 is 4.74 Å². The summed E-state index contributed by atoms with van der Waals surface area (Å²) in [4.78, 5) is 10.2. The highest BCUT2D eigenvalue weighted by atomic mass is 79.9. The first-order chi connectivity index (χ1) is 9.51. The number of aryl methyl sites for hydroxylation is 1. The molecule has 0 heterocycles. The largest absolute Gasteiger partial charge is 0.457 e. The molecule has 0 aromatic heterocycles. The number of nitro groups is 1. The van der Waals surface area contributed by atoms with Gasteiger partial charge in [-0.05, 0) is 30.7 Å². The summed E-state index contributed by atoms with van der Waals surface area (Å²) in [6.07, 6.45) is 0. The summed E-state index contributed by atoms with van der Waals surface area (Å²) in [6, 6.07) is 9.69. The Balaban J connectivity index is 2.35. The van der Waals surface area contributed by atoms with Crippen LogP contribution in [0.1, 0.15) is 11.1 Å². The zero-order valence-corrected chi connectivity index (χ0v) is 12.3. The van der Waals surface area contributed by atoms with Crippen LogP contribution in [0.2, 0.25) is 0 Å². The van der Waals surface area contributed by atoms with Gasteiger partial charge in [0.2, 0.25) is 0 Å². The Morgan fingerprint density at radius 3 is 2.60 bits per heavy atom. The number of non-ortho nitro benzene ring substituents is 1. The summed E-state index contributed by atoms with van der Waals surface area (Å²) in [5.41, 5.74) is 1.32. The lowest BCUT2D eigenvalue weighted by Crippen LogP contribution is -1.95. The average Bonchev–Trinajstić information content (AvgIpc) is 2.41. The molecule has 2 aromatic rings. The van der Waals surface area contributed by atoms with E-state index in [1.165, 1.54) is 12.1 Å². The smallest absolute Gasteiger partial charge is 0.269 e. The molecule has 6 heteroatoms. The zero-order chi connectivity index (χ0) is 14.7. The van der Waals surface area contributed by atoms with Gasteiger partial charge in [-0.1, -0.05) is 22.0 Å². The van der Waals surface area contributed by atoms with Crippen molar-refractivity contribution in [1.82, 2.24) is 0 Å². The molecule has 0 unspecified atom stereocenters. The van der Waals surface area contributed by atoms with Crippen molar-refractivity contribution < 1.29 is 14.8 Å². The number of aliphatic hydroxyl groups excluding tert-OH is 1. The van der Waals surface area contributed by atoms with Crippen molar-refractivity contribution in [3.05, 3.63) is 62.1 Å². The SMILES string of the molecule is Cc1cc([N+](=O)[O-])ccc1Oc1cc(Br)ccc1CO. The van der Waals surface area contributed by atoms with E-state index in [9.17, 15) is 15.2 Å². The molecule has 0 spiro atoms. The Morgan fingerprint density at radius 1 is 1.25 bits per heavy atom. The molecule has 5 nitrogen and oxygen atoms in total. The molecule has 0 atom stereocenters. The van der Waals surface area contributed by atoms with Crippen molar-refractivity contribution in [2.75, 3.05) is 0 Å². The normalized spacial score (nSPS) is 10.3. The van der Waals surface area contributed by atoms with Crippen LogP contribution in [0.4, 0.5) is 5.69 Å². The molecule has 0 bridgehead atoms. The Hall–Kier alpha value is -1.92. The average molecular weight is 338 g/mol. The van der Waals surface area contributed by atoms with Gasteiger partial charge in [-0.25, -0.2) is 0 Å². The van der Waals surface area contributed by atoms with E-state index in [0.717, 1.165) is 4.47 Å². The number of nitrogens with zero attached hydrogens (tertiary/aromatic N) is 1. The predicted molar refractivity (Wildman–Crippen MR) is 78.0 cm³/mol. The molecule has 0 aliphatic carbocycles. The highest BCUT2D eigenvalue weighted by Gasteiger charge is 2.11. The van der Waals surface area contributed by atoms with Gasteiger partial charge in [0.15, 0.2) is 0 Å². The molecule has 2 rings (SSSR count). The van der Waals surface area contributed by atoms with Crippen LogP contribution in [-0.2, 0) is 6.61 Å². The molecule has 0 aliphatic rings. The lowest BCUT2D eigenvalue weighted by molar-refractivity contribution is -0.384. The van der Waals surface area contributed by atoms with Crippen LogP contribution in [0.25, 0.3) is 0 Å². The van der Waals surface area contributed by atoms with E-state index < -0.39 is 4.92 Å². The lowest BCUT2D eigenvalue weighted by atomic mass is 10.2. The minimum Gasteiger partial charge on any atom is -0.457 e. The molecule has 0 saturated heterocycles. The van der Waals surface area contributed by atoms with Crippen LogP contribution in [0.5, 0.6) is 11.5 Å². The Bertz CT molecular complexity index is 658. The van der Waals surface area contributed by atoms with E-state index in [4.69, 9.17) is 4.74 Å². The van der Waals surface area contributed by atoms with Crippen LogP contribution in [0.15, 0.2) is 40.9 Å². The van der Waals surface area contributed by atoms with E-state index in [-0.39, 0.29) is 12.3 Å². The number of halogens is 1. The van der Waals surface area contributed by atoms with Gasteiger partial charge in [-0.3, -0.25) is 10.1 Å². The number of benzene rings is 2. The summed E-state index contributed by atoms with van der Waals surface area (Å²) in [5, 5.41) is 20.0. The van der Waals surface area contributed by atoms with Crippen LogP contribution in [0, 0.1) is 17.0 Å². The summed E-state index contributed by atoms with van der Waals surface area (Å²) in [7, 11) is 0. The van der Waals surface area contributed by atoms with Crippen LogP contribution in [0.3, 0.4) is 0 Å². The van der Waals surface area contributed by atoms with E-state index in [2.05, 4.69) is 15.9 Å². The third kappa shape index (κ3) is 3.15. The van der Waals surface area contributed by atoms with Gasteiger partial charge < -0.3 is 9.84 Å². The number of hydrogen-bond acceptors (Lipinski definition) is 4. The summed E-state index contributed by atoms with van der Waals surface area (Å²) in [6.45, 7) is 1.59. The fraction of sp³-hybridized carbons (Fsp3) is 0.143. The van der Waals surface area contributed by atoms with Crippen molar-refractivity contribution in [2.24, 2.45) is 0 Å². The highest BCUT2D eigenvalue weighted by molar-refractivity contribution is 9.10. The number of rotatable bonds is 4. The lowest BCUT2D eigenvalue weighted by Gasteiger charge is -2.12. The van der Waals surface area contributed by atoms with E-state index in [1.54, 1.807) is 31.2 Å². The summed E-state index contributed by atoms with van der Waals surface area (Å²) >= 11 is 3.34. The molecule has 1 N–H and O–H groups in total. The van der Waals surface area contributed by atoms with Crippen molar-refractivity contribution >= 4 is 21.6 Å². The van der Waals surface area contributed by atoms with Gasteiger partial charge in [-0.2, -0.15) is 0 Å². The first-order valence-corrected chi connectivity index (χ1v) is 6.62. The van der Waals surface area contributed by atoms with E-state index >= 15 is 0 Å². The molecular weight excluding hydrogens is 326 g/mol. The number of nitro benzene ring substituents is 1. The van der Waals surface area contributed by atoms with E-state index in [1.807, 2.05) is 0 Å². The number of hydrogen-bond donors (Lipinski definition) is 1. The Kier molecular flexibility index (Phi) is 4.36. The fourth-order valence-corrected chi connectivity index (χ4v) is 2.07. The van der Waals surface area contributed by atoms with Gasteiger partial charge in [0.05, 0.1) is 11.5 Å².